The van der Waals surface area contributed by atoms with Crippen molar-refractivity contribution in [1.29, 1.82) is 0 Å². The summed E-state index contributed by atoms with van der Waals surface area (Å²) >= 11 is 6.19. The molecule has 4 N–H and O–H groups in total. The van der Waals surface area contributed by atoms with Crippen LogP contribution in [0.5, 0.6) is 0 Å². The number of hydrogen-bond acceptors (Lipinski definition) is 4. The van der Waals surface area contributed by atoms with E-state index < -0.39 is 10.0 Å². The number of aromatic amines is 1. The maximum absolute atomic E-state index is 12.8. The average Bonchev–Trinajstić information content (AvgIpc) is 3.14. The number of H-pyrrole nitrogens is 1. The van der Waals surface area contributed by atoms with Gasteiger partial charge in [0.05, 0.1) is 16.9 Å². The van der Waals surface area contributed by atoms with E-state index in [1.807, 2.05) is 26.0 Å². The zero-order valence-corrected chi connectivity index (χ0v) is 15.6. The number of benzene rings is 1. The van der Waals surface area contributed by atoms with Crippen molar-refractivity contribution < 1.29 is 8.42 Å². The summed E-state index contributed by atoms with van der Waals surface area (Å²) in [5.74, 6) is 0.130. The van der Waals surface area contributed by atoms with Gasteiger partial charge in [-0.05, 0) is 35.1 Å². The number of sulfonamides is 1. The molecule has 0 unspecified atom stereocenters. The summed E-state index contributed by atoms with van der Waals surface area (Å²) in [6, 6.07) is 9.03. The number of hydrogen-bond donors (Lipinski definition) is 3. The Kier molecular flexibility index (Phi) is 4.37. The maximum Gasteiger partial charge on any atom is 0.271 e. The van der Waals surface area contributed by atoms with E-state index >= 15 is 0 Å². The van der Waals surface area contributed by atoms with E-state index in [-0.39, 0.29) is 10.9 Å². The van der Waals surface area contributed by atoms with Gasteiger partial charge in [0.1, 0.15) is 9.20 Å². The molecule has 3 rings (SSSR count). The monoisotopic (exact) mass is 379 g/mol. The second kappa shape index (κ2) is 6.19. The van der Waals surface area contributed by atoms with Crippen molar-refractivity contribution in [3.8, 4) is 0 Å². The van der Waals surface area contributed by atoms with Crippen LogP contribution in [0.2, 0.25) is 0 Å². The second-order valence-corrected chi connectivity index (χ2v) is 8.97. The van der Waals surface area contributed by atoms with Crippen LogP contribution >= 0.6 is 23.6 Å². The molecule has 0 fully saturated rings. The lowest BCUT2D eigenvalue weighted by molar-refractivity contribution is 0.601. The van der Waals surface area contributed by atoms with Gasteiger partial charge in [-0.2, -0.15) is 0 Å². The highest BCUT2D eigenvalue weighted by molar-refractivity contribution is 7.94. The number of thiocarbonyl (C=S) groups is 1. The molecule has 0 saturated carbocycles. The molecule has 0 spiro atoms. The lowest BCUT2D eigenvalue weighted by Gasteiger charge is -2.11. The second-order valence-electron chi connectivity index (χ2n) is 5.74. The first-order valence-corrected chi connectivity index (χ1v) is 10.1. The van der Waals surface area contributed by atoms with Crippen LogP contribution in [-0.2, 0) is 10.0 Å². The van der Waals surface area contributed by atoms with Crippen LogP contribution in [0.15, 0.2) is 39.9 Å². The van der Waals surface area contributed by atoms with E-state index in [2.05, 4.69) is 9.71 Å². The number of nitrogens with two attached hydrogens (primary N) is 1. The topological polar surface area (TPSA) is 88.0 Å². The zero-order valence-electron chi connectivity index (χ0n) is 13.2. The lowest BCUT2D eigenvalue weighted by Crippen LogP contribution is -2.14. The number of nitrogens with one attached hydrogen (secondary N) is 2. The molecule has 0 saturated heterocycles. The van der Waals surface area contributed by atoms with E-state index in [1.165, 1.54) is 11.3 Å². The summed E-state index contributed by atoms with van der Waals surface area (Å²) in [5.41, 5.74) is 8.19. The SMILES string of the molecule is CC(C)c1ccsc1S(=O)(=O)Nc1cccc2cc(C(N)=S)[nH]c12. The maximum atomic E-state index is 12.8. The standard InChI is InChI=1S/C16H17N3O2S3/c1-9(2)11-6-7-23-16(11)24(20,21)19-12-5-3-4-10-8-13(15(17)22)18-14(10)12/h3-9,18-19H,1-2H3,(H2,17,22). The van der Waals surface area contributed by atoms with Crippen molar-refractivity contribution >= 4 is 55.2 Å². The van der Waals surface area contributed by atoms with Gasteiger partial charge in [0.25, 0.3) is 10.0 Å². The van der Waals surface area contributed by atoms with Crippen molar-refractivity contribution in [2.24, 2.45) is 5.73 Å². The normalized spacial score (nSPS) is 12.0. The molecule has 1 aromatic carbocycles. The molecule has 0 aliphatic rings. The van der Waals surface area contributed by atoms with E-state index in [9.17, 15) is 8.42 Å². The number of rotatable bonds is 5. The molecule has 0 amide bonds. The van der Waals surface area contributed by atoms with E-state index in [1.54, 1.807) is 23.6 Å². The van der Waals surface area contributed by atoms with Gasteiger partial charge in [-0.15, -0.1) is 11.3 Å². The quantitative estimate of drug-likeness (QED) is 0.589. The van der Waals surface area contributed by atoms with Gasteiger partial charge in [0.15, 0.2) is 0 Å². The Hall–Kier alpha value is -1.90. The van der Waals surface area contributed by atoms with Crippen LogP contribution in [0.4, 0.5) is 5.69 Å². The first-order chi connectivity index (χ1) is 11.3. The minimum Gasteiger partial charge on any atom is -0.388 e. The third kappa shape index (κ3) is 3.04. The predicted molar refractivity (Wildman–Crippen MR) is 103 cm³/mol. The number of thiophene rings is 1. The van der Waals surface area contributed by atoms with Crippen molar-refractivity contribution in [2.75, 3.05) is 4.72 Å². The Morgan fingerprint density at radius 1 is 1.33 bits per heavy atom. The number of para-hydroxylation sites is 1. The third-order valence-electron chi connectivity index (χ3n) is 3.69. The molecule has 0 radical (unpaired) electrons. The van der Waals surface area contributed by atoms with Gasteiger partial charge >= 0.3 is 0 Å². The molecule has 126 valence electrons. The number of anilines is 1. The van der Waals surface area contributed by atoms with Crippen LogP contribution in [-0.4, -0.2) is 18.4 Å². The van der Waals surface area contributed by atoms with Gasteiger partial charge in [-0.25, -0.2) is 8.42 Å². The lowest BCUT2D eigenvalue weighted by atomic mass is 10.1. The molecular formula is C16H17N3O2S3. The van der Waals surface area contributed by atoms with Gasteiger partial charge in [0, 0.05) is 5.39 Å². The van der Waals surface area contributed by atoms with E-state index in [4.69, 9.17) is 18.0 Å². The first-order valence-electron chi connectivity index (χ1n) is 7.31. The van der Waals surface area contributed by atoms with Crippen LogP contribution < -0.4 is 10.5 Å². The van der Waals surface area contributed by atoms with Gasteiger partial charge in [-0.3, -0.25) is 4.72 Å². The highest BCUT2D eigenvalue weighted by Gasteiger charge is 2.23. The minimum atomic E-state index is -3.66. The van der Waals surface area contributed by atoms with Crippen LogP contribution in [0.3, 0.4) is 0 Å². The molecule has 3 aromatic rings. The Balaban J connectivity index is 2.06. The van der Waals surface area contributed by atoms with Gasteiger partial charge < -0.3 is 10.7 Å². The van der Waals surface area contributed by atoms with Gasteiger partial charge in [-0.1, -0.05) is 38.2 Å². The fourth-order valence-corrected chi connectivity index (χ4v) is 5.37. The van der Waals surface area contributed by atoms with Crippen LogP contribution in [0, 0.1) is 0 Å². The smallest absolute Gasteiger partial charge is 0.271 e. The number of fused-ring (bicyclic) bond motifs is 1. The largest absolute Gasteiger partial charge is 0.388 e. The summed E-state index contributed by atoms with van der Waals surface area (Å²) in [6.07, 6.45) is 0. The summed E-state index contributed by atoms with van der Waals surface area (Å²) in [7, 11) is -3.66. The highest BCUT2D eigenvalue weighted by Crippen LogP contribution is 2.32. The molecule has 0 bridgehead atoms. The molecule has 0 atom stereocenters. The molecule has 2 aromatic heterocycles. The molecule has 0 aliphatic heterocycles. The third-order valence-corrected chi connectivity index (χ3v) is 6.79. The Labute approximate surface area is 149 Å². The Morgan fingerprint density at radius 3 is 2.75 bits per heavy atom. The van der Waals surface area contributed by atoms with E-state index in [0.717, 1.165) is 10.9 Å². The zero-order chi connectivity index (χ0) is 17.5. The Bertz CT molecular complexity index is 1020. The number of aromatic nitrogens is 1. The molecular weight excluding hydrogens is 362 g/mol. The summed E-state index contributed by atoms with van der Waals surface area (Å²) in [6.45, 7) is 3.95. The fraction of sp³-hybridized carbons (Fsp3) is 0.188. The fourth-order valence-electron chi connectivity index (χ4n) is 2.52. The van der Waals surface area contributed by atoms with E-state index in [0.29, 0.717) is 21.1 Å². The molecule has 0 aliphatic carbocycles. The van der Waals surface area contributed by atoms with Gasteiger partial charge in [0.2, 0.25) is 0 Å². The van der Waals surface area contributed by atoms with Crippen molar-refractivity contribution in [1.82, 2.24) is 4.98 Å². The van der Waals surface area contributed by atoms with Crippen LogP contribution in [0.25, 0.3) is 10.9 Å². The predicted octanol–water partition coefficient (Wildman–Crippen LogP) is 3.79. The molecule has 2 heterocycles. The van der Waals surface area contributed by atoms with Crippen LogP contribution in [0.1, 0.15) is 31.0 Å². The van der Waals surface area contributed by atoms with Crippen molar-refractivity contribution in [3.05, 3.63) is 47.0 Å². The van der Waals surface area contributed by atoms with Crippen molar-refractivity contribution in [2.45, 2.75) is 24.0 Å². The first kappa shape index (κ1) is 16.9. The average molecular weight is 380 g/mol. The Morgan fingerprint density at radius 2 is 2.08 bits per heavy atom. The molecule has 24 heavy (non-hydrogen) atoms. The summed E-state index contributed by atoms with van der Waals surface area (Å²) in [5, 5.41) is 2.64. The minimum absolute atomic E-state index is 0.130. The van der Waals surface area contributed by atoms with Crippen molar-refractivity contribution in [3.63, 3.8) is 0 Å². The molecule has 8 heteroatoms. The summed E-state index contributed by atoms with van der Waals surface area (Å²) in [4.78, 5) is 3.32. The molecule has 5 nitrogen and oxygen atoms in total. The highest BCUT2D eigenvalue weighted by atomic mass is 32.2. The summed E-state index contributed by atoms with van der Waals surface area (Å²) < 4.78 is 28.6.